The van der Waals surface area contributed by atoms with Crippen LogP contribution in [0.25, 0.3) is 5.76 Å². The van der Waals surface area contributed by atoms with Crippen LogP contribution in [0.4, 0.5) is 5.69 Å². The molecule has 1 aliphatic heterocycles. The highest BCUT2D eigenvalue weighted by molar-refractivity contribution is 14.1. The molecule has 3 nitrogen and oxygen atoms in total. The molecule has 0 aliphatic carbocycles. The molecule has 0 fully saturated rings. The average molecular weight is 475 g/mol. The van der Waals surface area contributed by atoms with Gasteiger partial charge in [-0.2, -0.15) is 0 Å². The smallest absolute Gasteiger partial charge is 0.201 e. The van der Waals surface area contributed by atoms with Crippen molar-refractivity contribution in [1.29, 1.82) is 0 Å². The first kappa shape index (κ1) is 20.1. The van der Waals surface area contributed by atoms with Crippen LogP contribution in [0.2, 0.25) is 0 Å². The first-order chi connectivity index (χ1) is 12.9. The van der Waals surface area contributed by atoms with Crippen LogP contribution in [-0.2, 0) is 4.74 Å². The highest BCUT2D eigenvalue weighted by atomic mass is 127. The maximum absolute atomic E-state index is 11.4. The van der Waals surface area contributed by atoms with E-state index in [0.717, 1.165) is 34.1 Å². The lowest BCUT2D eigenvalue weighted by molar-refractivity contribution is 0.0535. The maximum Gasteiger partial charge on any atom is 0.201 e. The molecule has 0 aromatic heterocycles. The third-order valence-corrected chi connectivity index (χ3v) is 6.56. The van der Waals surface area contributed by atoms with Crippen molar-refractivity contribution in [3.05, 3.63) is 69.3 Å². The Kier molecular flexibility index (Phi) is 6.37. The summed E-state index contributed by atoms with van der Waals surface area (Å²) >= 11 is 2.23. The Morgan fingerprint density at radius 3 is 2.41 bits per heavy atom. The first-order valence-electron chi connectivity index (χ1n) is 9.44. The van der Waals surface area contributed by atoms with Gasteiger partial charge in [0, 0.05) is 5.56 Å². The van der Waals surface area contributed by atoms with E-state index in [0.29, 0.717) is 11.7 Å². The summed E-state index contributed by atoms with van der Waals surface area (Å²) in [7, 11) is 0. The molecule has 0 amide bonds. The number of aliphatic hydroxyl groups is 1. The van der Waals surface area contributed by atoms with E-state index < -0.39 is 5.60 Å². The Morgan fingerprint density at radius 2 is 1.78 bits per heavy atom. The molecule has 0 saturated heterocycles. The van der Waals surface area contributed by atoms with Gasteiger partial charge in [0.15, 0.2) is 0 Å². The summed E-state index contributed by atoms with van der Waals surface area (Å²) in [5.74, 6) is 1.12. The molecule has 1 heterocycles. The number of benzene rings is 2. The van der Waals surface area contributed by atoms with E-state index in [1.165, 1.54) is 5.56 Å². The topological polar surface area (TPSA) is 41.8 Å². The Morgan fingerprint density at radius 1 is 1.11 bits per heavy atom. The molecule has 27 heavy (non-hydrogen) atoms. The van der Waals surface area contributed by atoms with Gasteiger partial charge in [0.25, 0.3) is 0 Å². The summed E-state index contributed by atoms with van der Waals surface area (Å²) in [6.45, 7) is 6.10. The number of aryl methyl sites for hydroxylation is 1. The van der Waals surface area contributed by atoms with E-state index in [9.17, 15) is 5.11 Å². The van der Waals surface area contributed by atoms with Crippen LogP contribution >= 0.6 is 22.6 Å². The van der Waals surface area contributed by atoms with Crippen LogP contribution < -0.4 is 0 Å². The molecular weight excluding hydrogens is 449 g/mol. The van der Waals surface area contributed by atoms with Crippen molar-refractivity contribution in [2.24, 2.45) is 10.9 Å². The zero-order valence-corrected chi connectivity index (χ0v) is 18.2. The number of unbranched alkanes of at least 4 members (excludes halogenated alkanes) is 1. The predicted molar refractivity (Wildman–Crippen MR) is 120 cm³/mol. The normalized spacial score (nSPS) is 24.2. The molecule has 3 rings (SSSR count). The minimum absolute atomic E-state index is 0.168. The number of ether oxygens (including phenoxy) is 1. The summed E-state index contributed by atoms with van der Waals surface area (Å²) in [5.41, 5.74) is 1.98. The van der Waals surface area contributed by atoms with Crippen molar-refractivity contribution in [2.45, 2.75) is 45.6 Å². The average Bonchev–Trinajstić information content (AvgIpc) is 2.67. The van der Waals surface area contributed by atoms with Gasteiger partial charge < -0.3 is 9.84 Å². The van der Waals surface area contributed by atoms with E-state index in [4.69, 9.17) is 9.73 Å². The summed E-state index contributed by atoms with van der Waals surface area (Å²) in [6, 6.07) is 18.0. The Labute approximate surface area is 175 Å². The fourth-order valence-corrected chi connectivity index (χ4v) is 4.08. The van der Waals surface area contributed by atoms with Gasteiger partial charge in [-0.15, -0.1) is 0 Å². The first-order valence-corrected chi connectivity index (χ1v) is 10.5. The van der Waals surface area contributed by atoms with Gasteiger partial charge in [0.05, 0.1) is 15.2 Å². The van der Waals surface area contributed by atoms with Gasteiger partial charge in [-0.05, 0) is 55.0 Å². The van der Waals surface area contributed by atoms with Crippen LogP contribution in [0.1, 0.15) is 44.2 Å². The number of halogens is 1. The zero-order valence-electron chi connectivity index (χ0n) is 16.1. The van der Waals surface area contributed by atoms with Crippen LogP contribution in [-0.4, -0.2) is 16.6 Å². The molecular formula is C23H26INO2. The van der Waals surface area contributed by atoms with Crippen LogP contribution in [0.5, 0.6) is 0 Å². The molecule has 1 N–H and O–H groups in total. The molecule has 1 aliphatic rings. The quantitative estimate of drug-likeness (QED) is 0.508. The summed E-state index contributed by atoms with van der Waals surface area (Å²) in [6.07, 6.45) is 2.92. The fraction of sp³-hybridized carbons (Fsp3) is 0.348. The van der Waals surface area contributed by atoms with Gasteiger partial charge in [-0.3, -0.25) is 0 Å². The van der Waals surface area contributed by atoms with E-state index in [-0.39, 0.29) is 5.92 Å². The molecule has 0 bridgehead atoms. The lowest BCUT2D eigenvalue weighted by atomic mass is 9.82. The van der Waals surface area contributed by atoms with Crippen molar-refractivity contribution < 1.29 is 9.84 Å². The van der Waals surface area contributed by atoms with E-state index in [1.54, 1.807) is 0 Å². The second kappa shape index (κ2) is 8.57. The molecule has 0 saturated carbocycles. The van der Waals surface area contributed by atoms with Crippen molar-refractivity contribution in [3.63, 3.8) is 0 Å². The van der Waals surface area contributed by atoms with Crippen molar-refractivity contribution in [2.75, 3.05) is 0 Å². The number of nitrogens with zero attached hydrogens (tertiary/aromatic N) is 1. The largest absolute Gasteiger partial charge is 0.441 e. The number of hydrogen-bond donors (Lipinski definition) is 1. The van der Waals surface area contributed by atoms with Crippen LogP contribution in [0.15, 0.2) is 63.2 Å². The monoisotopic (exact) mass is 475 g/mol. The highest BCUT2D eigenvalue weighted by Gasteiger charge is 2.45. The third kappa shape index (κ3) is 4.43. The lowest BCUT2D eigenvalue weighted by Gasteiger charge is -2.39. The van der Waals surface area contributed by atoms with Gasteiger partial charge >= 0.3 is 0 Å². The van der Waals surface area contributed by atoms with Gasteiger partial charge in [-0.25, -0.2) is 4.99 Å². The summed E-state index contributed by atoms with van der Waals surface area (Å²) in [5, 5.41) is 11.4. The summed E-state index contributed by atoms with van der Waals surface area (Å²) in [4.78, 5) is 4.80. The van der Waals surface area contributed by atoms with Gasteiger partial charge in [0.2, 0.25) is 5.90 Å². The third-order valence-electron chi connectivity index (χ3n) is 4.98. The minimum Gasteiger partial charge on any atom is -0.441 e. The fourth-order valence-electron chi connectivity index (χ4n) is 3.28. The van der Waals surface area contributed by atoms with Crippen molar-refractivity contribution in [3.8, 4) is 0 Å². The molecule has 2 unspecified atom stereocenters. The molecule has 0 radical (unpaired) electrons. The molecule has 4 heteroatoms. The Bertz CT molecular complexity index is 838. The maximum atomic E-state index is 11.4. The molecule has 2 atom stereocenters. The SMILES string of the molecule is CCCCC1C(=Nc2ccc(C)cc2)OC(c2ccccc2)=C(I)C1(C)O. The molecule has 0 spiro atoms. The Hall–Kier alpha value is -1.66. The second-order valence-corrected chi connectivity index (χ2v) is 8.32. The Balaban J connectivity index is 2.08. The minimum atomic E-state index is -1.01. The van der Waals surface area contributed by atoms with E-state index >= 15 is 0 Å². The lowest BCUT2D eigenvalue weighted by Crippen LogP contribution is -2.44. The van der Waals surface area contributed by atoms with Gasteiger partial charge in [-0.1, -0.05) is 67.8 Å². The highest BCUT2D eigenvalue weighted by Crippen LogP contribution is 2.45. The number of hydrogen-bond acceptors (Lipinski definition) is 3. The van der Waals surface area contributed by atoms with Crippen LogP contribution in [0.3, 0.4) is 0 Å². The number of aliphatic imine (C=N–C) groups is 1. The predicted octanol–water partition coefficient (Wildman–Crippen LogP) is 6.42. The van der Waals surface area contributed by atoms with Crippen LogP contribution in [0, 0.1) is 12.8 Å². The van der Waals surface area contributed by atoms with E-state index in [2.05, 4.69) is 36.4 Å². The number of rotatable bonds is 5. The van der Waals surface area contributed by atoms with E-state index in [1.807, 2.05) is 61.5 Å². The standard InChI is InChI=1S/C23H26INO2/c1-4-5-11-19-22(25-18-14-12-16(2)13-15-18)27-20(21(24)23(19,3)26)17-9-7-6-8-10-17/h6-10,12-15,19,26H,4-5,11H2,1-3H3. The molecule has 2 aromatic carbocycles. The molecule has 142 valence electrons. The van der Waals surface area contributed by atoms with Crippen molar-refractivity contribution >= 4 is 39.9 Å². The van der Waals surface area contributed by atoms with Gasteiger partial charge in [0.1, 0.15) is 11.4 Å². The molecule has 2 aromatic rings. The second-order valence-electron chi connectivity index (χ2n) is 7.24. The van der Waals surface area contributed by atoms with Crippen molar-refractivity contribution in [1.82, 2.24) is 0 Å². The zero-order chi connectivity index (χ0) is 19.4. The summed E-state index contributed by atoms with van der Waals surface area (Å²) < 4.78 is 7.16.